The largest absolute Gasteiger partial charge is 0.364 e. The molecule has 14 heavy (non-hydrogen) atoms. The molecule has 0 atom stereocenters. The predicted molar refractivity (Wildman–Crippen MR) is 50.6 cm³/mol. The molecule has 2 amide bonds. The fourth-order valence-corrected chi connectivity index (χ4v) is 0.950. The summed E-state index contributed by atoms with van der Waals surface area (Å²) in [5.41, 5.74) is 0. The lowest BCUT2D eigenvalue weighted by atomic mass is 10.7. The molecule has 0 aromatic carbocycles. The maximum atomic E-state index is 11.6. The van der Waals surface area contributed by atoms with Gasteiger partial charge in [0.15, 0.2) is 0 Å². The van der Waals surface area contributed by atoms with Crippen LogP contribution in [0.3, 0.4) is 0 Å². The van der Waals surface area contributed by atoms with Crippen LogP contribution in [0, 0.1) is 0 Å². The summed E-state index contributed by atoms with van der Waals surface area (Å²) in [6.45, 7) is 0.629. The van der Waals surface area contributed by atoms with Crippen LogP contribution in [0.5, 0.6) is 0 Å². The highest BCUT2D eigenvalue weighted by atomic mass is 16.5. The summed E-state index contributed by atoms with van der Waals surface area (Å²) in [4.78, 5) is 14.5. The zero-order chi connectivity index (χ0) is 11.0. The Balaban J connectivity index is 4.11. The molecule has 0 aliphatic rings. The smallest absolute Gasteiger partial charge is 0.325 e. The number of carbonyl (C=O) groups is 1. The van der Waals surface area contributed by atoms with Crippen molar-refractivity contribution in [2.45, 2.75) is 0 Å². The first kappa shape index (κ1) is 13.2. The predicted octanol–water partition coefficient (Wildman–Crippen LogP) is 0.152. The van der Waals surface area contributed by atoms with E-state index in [2.05, 4.69) is 0 Å². The SMILES string of the molecule is COCN(C)C(=O)N(COC)COC. The molecule has 0 heterocycles. The van der Waals surface area contributed by atoms with Gasteiger partial charge in [-0.15, -0.1) is 0 Å². The highest BCUT2D eigenvalue weighted by Gasteiger charge is 2.16. The van der Waals surface area contributed by atoms with Gasteiger partial charge in [-0.3, -0.25) is 4.90 Å². The van der Waals surface area contributed by atoms with Gasteiger partial charge >= 0.3 is 6.03 Å². The summed E-state index contributed by atoms with van der Waals surface area (Å²) < 4.78 is 14.6. The van der Waals surface area contributed by atoms with Crippen LogP contribution in [0.2, 0.25) is 0 Å². The van der Waals surface area contributed by atoms with Crippen molar-refractivity contribution in [3.05, 3.63) is 0 Å². The molecule has 0 N–H and O–H groups in total. The van der Waals surface area contributed by atoms with Gasteiger partial charge in [-0.2, -0.15) is 0 Å². The van der Waals surface area contributed by atoms with Gasteiger partial charge in [0.05, 0.1) is 0 Å². The minimum absolute atomic E-state index is 0.195. The van der Waals surface area contributed by atoms with E-state index in [4.69, 9.17) is 14.2 Å². The van der Waals surface area contributed by atoms with Gasteiger partial charge in [0.1, 0.15) is 20.2 Å². The van der Waals surface area contributed by atoms with E-state index in [9.17, 15) is 4.79 Å². The van der Waals surface area contributed by atoms with Crippen LogP contribution in [0.4, 0.5) is 4.79 Å². The number of rotatable bonds is 6. The molecular weight excluding hydrogens is 188 g/mol. The maximum absolute atomic E-state index is 11.6. The molecule has 0 aliphatic carbocycles. The number of ether oxygens (including phenoxy) is 3. The monoisotopic (exact) mass is 206 g/mol. The third-order valence-electron chi connectivity index (χ3n) is 1.49. The van der Waals surface area contributed by atoms with E-state index < -0.39 is 0 Å². The van der Waals surface area contributed by atoms with Crippen LogP contribution >= 0.6 is 0 Å². The number of methoxy groups -OCH3 is 3. The number of hydrogen-bond donors (Lipinski definition) is 0. The Morgan fingerprint density at radius 2 is 1.43 bits per heavy atom. The Labute approximate surface area is 84.3 Å². The van der Waals surface area contributed by atoms with E-state index in [1.807, 2.05) is 0 Å². The van der Waals surface area contributed by atoms with Crippen LogP contribution in [0.25, 0.3) is 0 Å². The summed E-state index contributed by atoms with van der Waals surface area (Å²) in [5, 5.41) is 0. The average Bonchev–Trinajstić information content (AvgIpc) is 2.17. The second-order valence-electron chi connectivity index (χ2n) is 2.77. The van der Waals surface area contributed by atoms with Crippen molar-refractivity contribution in [2.75, 3.05) is 48.6 Å². The van der Waals surface area contributed by atoms with E-state index in [0.29, 0.717) is 0 Å². The lowest BCUT2D eigenvalue weighted by Gasteiger charge is -2.26. The van der Waals surface area contributed by atoms with E-state index >= 15 is 0 Å². The molecule has 0 radical (unpaired) electrons. The van der Waals surface area contributed by atoms with Crippen LogP contribution in [0.1, 0.15) is 0 Å². The van der Waals surface area contributed by atoms with Crippen molar-refractivity contribution in [1.29, 1.82) is 0 Å². The van der Waals surface area contributed by atoms with Crippen LogP contribution in [-0.4, -0.2) is 64.4 Å². The van der Waals surface area contributed by atoms with Crippen molar-refractivity contribution in [3.8, 4) is 0 Å². The molecule has 0 aromatic rings. The Hall–Kier alpha value is -0.850. The van der Waals surface area contributed by atoms with Crippen molar-refractivity contribution in [3.63, 3.8) is 0 Å². The first-order valence-electron chi connectivity index (χ1n) is 4.14. The Bertz CT molecular complexity index is 159. The molecule has 84 valence electrons. The van der Waals surface area contributed by atoms with Crippen molar-refractivity contribution >= 4 is 6.03 Å². The second-order valence-corrected chi connectivity index (χ2v) is 2.77. The number of nitrogens with zero attached hydrogens (tertiary/aromatic N) is 2. The molecular formula is C8H18N2O4. The summed E-state index contributed by atoms with van der Waals surface area (Å²) in [6, 6.07) is -0.199. The Morgan fingerprint density at radius 3 is 1.79 bits per heavy atom. The van der Waals surface area contributed by atoms with Crippen LogP contribution < -0.4 is 0 Å². The lowest BCUT2D eigenvalue weighted by molar-refractivity contribution is -0.00634. The van der Waals surface area contributed by atoms with Gasteiger partial charge in [0.25, 0.3) is 0 Å². The normalized spacial score (nSPS) is 10.0. The fourth-order valence-electron chi connectivity index (χ4n) is 0.950. The van der Waals surface area contributed by atoms with Crippen molar-refractivity contribution < 1.29 is 19.0 Å². The van der Waals surface area contributed by atoms with Gasteiger partial charge in [-0.25, -0.2) is 4.79 Å². The zero-order valence-electron chi connectivity index (χ0n) is 9.15. The number of carbonyl (C=O) groups excluding carboxylic acids is 1. The summed E-state index contributed by atoms with van der Waals surface area (Å²) in [7, 11) is 6.21. The van der Waals surface area contributed by atoms with Gasteiger partial charge in [-0.05, 0) is 0 Å². The number of hydrogen-bond acceptors (Lipinski definition) is 4. The van der Waals surface area contributed by atoms with Gasteiger partial charge in [0, 0.05) is 28.4 Å². The lowest BCUT2D eigenvalue weighted by Crippen LogP contribution is -2.43. The Kier molecular flexibility index (Phi) is 7.09. The molecule has 6 nitrogen and oxygen atoms in total. The molecule has 0 saturated heterocycles. The van der Waals surface area contributed by atoms with Crippen LogP contribution in [0.15, 0.2) is 0 Å². The molecule has 0 aromatic heterocycles. The van der Waals surface area contributed by atoms with Crippen molar-refractivity contribution in [1.82, 2.24) is 9.80 Å². The molecule has 6 heteroatoms. The van der Waals surface area contributed by atoms with E-state index in [1.165, 1.54) is 31.1 Å². The Morgan fingerprint density at radius 1 is 1.00 bits per heavy atom. The quantitative estimate of drug-likeness (QED) is 0.580. The van der Waals surface area contributed by atoms with Crippen molar-refractivity contribution in [2.24, 2.45) is 0 Å². The summed E-state index contributed by atoms with van der Waals surface area (Å²) in [5.74, 6) is 0. The maximum Gasteiger partial charge on any atom is 0.325 e. The molecule has 0 unspecified atom stereocenters. The van der Waals surface area contributed by atoms with Crippen LogP contribution in [-0.2, 0) is 14.2 Å². The topological polar surface area (TPSA) is 51.2 Å². The summed E-state index contributed by atoms with van der Waals surface area (Å²) >= 11 is 0. The minimum Gasteiger partial charge on any atom is -0.364 e. The van der Waals surface area contributed by atoms with E-state index in [-0.39, 0.29) is 26.2 Å². The summed E-state index contributed by atoms with van der Waals surface area (Å²) in [6.07, 6.45) is 0. The standard InChI is InChI=1S/C8H18N2O4/c1-9(5-12-2)8(11)10(6-13-3)7-14-4/h5-7H2,1-4H3. The molecule has 0 spiro atoms. The van der Waals surface area contributed by atoms with Gasteiger partial charge in [0.2, 0.25) is 0 Å². The second kappa shape index (κ2) is 7.54. The third-order valence-corrected chi connectivity index (χ3v) is 1.49. The van der Waals surface area contributed by atoms with E-state index in [0.717, 1.165) is 0 Å². The third kappa shape index (κ3) is 4.40. The minimum atomic E-state index is -0.199. The fraction of sp³-hybridized carbons (Fsp3) is 0.875. The molecule has 0 bridgehead atoms. The first-order chi connectivity index (χ1) is 6.67. The number of urea groups is 1. The zero-order valence-corrected chi connectivity index (χ0v) is 9.15. The van der Waals surface area contributed by atoms with Gasteiger partial charge < -0.3 is 19.1 Å². The highest BCUT2D eigenvalue weighted by molar-refractivity contribution is 5.73. The first-order valence-corrected chi connectivity index (χ1v) is 4.14. The number of amides is 2. The molecule has 0 fully saturated rings. The molecule has 0 rings (SSSR count). The van der Waals surface area contributed by atoms with Gasteiger partial charge in [-0.1, -0.05) is 0 Å². The average molecular weight is 206 g/mol. The van der Waals surface area contributed by atoms with E-state index in [1.54, 1.807) is 7.05 Å². The molecule has 0 saturated carbocycles. The highest BCUT2D eigenvalue weighted by Crippen LogP contribution is 1.97. The molecule has 0 aliphatic heterocycles.